The molecule has 0 heterocycles. The third kappa shape index (κ3) is 5.01. The molecule has 0 unspecified atom stereocenters. The Morgan fingerprint density at radius 3 is 2.22 bits per heavy atom. The number of aliphatic hydroxyl groups is 2. The first-order valence-electron chi connectivity index (χ1n) is 10.1. The van der Waals surface area contributed by atoms with Crippen LogP contribution in [-0.4, -0.2) is 57.4 Å². The number of anilines is 2. The number of aliphatic hydroxyl groups excluding tert-OH is 2. The summed E-state index contributed by atoms with van der Waals surface area (Å²) in [5, 5.41) is 22.8. The van der Waals surface area contributed by atoms with Crippen molar-refractivity contribution in [1.82, 2.24) is 5.32 Å². The van der Waals surface area contributed by atoms with Gasteiger partial charge in [-0.25, -0.2) is 8.42 Å². The molecule has 0 aliphatic rings. The molecule has 8 nitrogen and oxygen atoms in total. The molecule has 0 saturated carbocycles. The highest BCUT2D eigenvalue weighted by Crippen LogP contribution is 2.31. The van der Waals surface area contributed by atoms with Gasteiger partial charge >= 0.3 is 0 Å². The van der Waals surface area contributed by atoms with Gasteiger partial charge < -0.3 is 20.4 Å². The highest BCUT2D eigenvalue weighted by molar-refractivity contribution is 7.93. The molecule has 0 fully saturated rings. The second-order valence-electron chi connectivity index (χ2n) is 7.71. The lowest BCUT2D eigenvalue weighted by Crippen LogP contribution is -2.44. The van der Waals surface area contributed by atoms with E-state index in [-0.39, 0.29) is 10.5 Å². The van der Waals surface area contributed by atoms with Gasteiger partial charge in [0, 0.05) is 41.8 Å². The third-order valence-corrected chi connectivity index (χ3v) is 6.56. The van der Waals surface area contributed by atoms with Crippen molar-refractivity contribution in [2.24, 2.45) is 0 Å². The lowest BCUT2D eigenvalue weighted by Gasteiger charge is -2.19. The second-order valence-corrected chi connectivity index (χ2v) is 9.36. The molecular formula is C23H27N3O5S. The minimum Gasteiger partial charge on any atom is -0.394 e. The normalized spacial score (nSPS) is 13.4. The van der Waals surface area contributed by atoms with Crippen molar-refractivity contribution in [3.05, 3.63) is 66.2 Å². The zero-order chi connectivity index (χ0) is 23.5. The van der Waals surface area contributed by atoms with Crippen LogP contribution in [0.25, 0.3) is 10.8 Å². The minimum atomic E-state index is -3.88. The van der Waals surface area contributed by atoms with E-state index in [1.54, 1.807) is 18.2 Å². The third-order valence-electron chi connectivity index (χ3n) is 5.13. The van der Waals surface area contributed by atoms with Gasteiger partial charge in [-0.3, -0.25) is 9.52 Å². The van der Waals surface area contributed by atoms with E-state index in [1.165, 1.54) is 31.2 Å². The number of amides is 1. The number of sulfonamides is 1. The van der Waals surface area contributed by atoms with E-state index in [0.29, 0.717) is 11.1 Å². The maximum Gasteiger partial charge on any atom is 0.262 e. The summed E-state index contributed by atoms with van der Waals surface area (Å²) in [5.74, 6) is -0.482. The lowest BCUT2D eigenvalue weighted by molar-refractivity contribution is 0.0758. The quantitative estimate of drug-likeness (QED) is 0.412. The molecule has 0 bridgehead atoms. The largest absolute Gasteiger partial charge is 0.394 e. The summed E-state index contributed by atoms with van der Waals surface area (Å²) >= 11 is 0. The van der Waals surface area contributed by atoms with Gasteiger partial charge in [-0.15, -0.1) is 0 Å². The van der Waals surface area contributed by atoms with E-state index in [4.69, 9.17) is 0 Å². The average molecular weight is 458 g/mol. The van der Waals surface area contributed by atoms with Gasteiger partial charge in [0.15, 0.2) is 0 Å². The predicted molar refractivity (Wildman–Crippen MR) is 126 cm³/mol. The highest BCUT2D eigenvalue weighted by atomic mass is 32.2. The molecule has 3 aromatic carbocycles. The highest BCUT2D eigenvalue weighted by Gasteiger charge is 2.20. The van der Waals surface area contributed by atoms with Gasteiger partial charge in [0.2, 0.25) is 0 Å². The van der Waals surface area contributed by atoms with Crippen LogP contribution in [0.1, 0.15) is 17.3 Å². The van der Waals surface area contributed by atoms with E-state index >= 15 is 0 Å². The Morgan fingerprint density at radius 1 is 1.00 bits per heavy atom. The van der Waals surface area contributed by atoms with E-state index in [9.17, 15) is 23.4 Å². The number of carbonyl (C=O) groups excluding carboxylic acids is 1. The van der Waals surface area contributed by atoms with E-state index in [1.807, 2.05) is 37.2 Å². The summed E-state index contributed by atoms with van der Waals surface area (Å²) in [5.41, 5.74) is 1.48. The zero-order valence-corrected chi connectivity index (χ0v) is 18.9. The Hall–Kier alpha value is -3.14. The maximum atomic E-state index is 13.1. The first-order chi connectivity index (χ1) is 15.1. The SMILES string of the molecule is C[C@H](O)[C@H](CO)NC(=O)c1ccc(NS(=O)(=O)c2cccc3c(N(C)C)cccc23)cc1. The van der Waals surface area contributed by atoms with Crippen molar-refractivity contribution in [1.29, 1.82) is 0 Å². The number of nitrogens with one attached hydrogen (secondary N) is 2. The molecule has 0 radical (unpaired) electrons. The van der Waals surface area contributed by atoms with Crippen LogP contribution in [0.4, 0.5) is 11.4 Å². The fourth-order valence-corrected chi connectivity index (χ4v) is 4.64. The monoisotopic (exact) mass is 457 g/mol. The zero-order valence-electron chi connectivity index (χ0n) is 18.1. The molecule has 2 atom stereocenters. The van der Waals surface area contributed by atoms with E-state index in [2.05, 4.69) is 10.0 Å². The molecule has 0 saturated heterocycles. The molecule has 0 aromatic heterocycles. The number of fused-ring (bicyclic) bond motifs is 1. The van der Waals surface area contributed by atoms with Crippen LogP contribution in [0.3, 0.4) is 0 Å². The van der Waals surface area contributed by atoms with Crippen LogP contribution in [0, 0.1) is 0 Å². The summed E-state index contributed by atoms with van der Waals surface area (Å²) in [4.78, 5) is 14.4. The lowest BCUT2D eigenvalue weighted by atomic mass is 10.1. The predicted octanol–water partition coefficient (Wildman–Crippen LogP) is 2.18. The molecule has 3 aromatic rings. The molecule has 1 amide bonds. The molecule has 9 heteroatoms. The summed E-state index contributed by atoms with van der Waals surface area (Å²) < 4.78 is 28.8. The summed E-state index contributed by atoms with van der Waals surface area (Å²) in [6.45, 7) is 1.07. The number of nitrogens with zero attached hydrogens (tertiary/aromatic N) is 1. The minimum absolute atomic E-state index is 0.156. The molecule has 4 N–H and O–H groups in total. The van der Waals surface area contributed by atoms with Crippen LogP contribution < -0.4 is 14.9 Å². The van der Waals surface area contributed by atoms with Gasteiger partial charge in [-0.05, 0) is 43.3 Å². The Balaban J connectivity index is 1.85. The maximum absolute atomic E-state index is 13.1. The van der Waals surface area contributed by atoms with Crippen LogP contribution in [0.15, 0.2) is 65.6 Å². The summed E-state index contributed by atoms with van der Waals surface area (Å²) in [6, 6.07) is 15.8. The first kappa shape index (κ1) is 23.5. The fourth-order valence-electron chi connectivity index (χ4n) is 3.36. The molecule has 0 spiro atoms. The molecule has 3 rings (SSSR count). The van der Waals surface area contributed by atoms with Crippen molar-refractivity contribution in [3.8, 4) is 0 Å². The van der Waals surface area contributed by atoms with E-state index < -0.39 is 34.7 Å². The topological polar surface area (TPSA) is 119 Å². The number of hydrogen-bond donors (Lipinski definition) is 4. The number of hydrogen-bond acceptors (Lipinski definition) is 6. The van der Waals surface area contributed by atoms with Gasteiger partial charge in [0.25, 0.3) is 15.9 Å². The van der Waals surface area contributed by atoms with Gasteiger partial charge in [-0.1, -0.05) is 24.3 Å². The first-order valence-corrected chi connectivity index (χ1v) is 11.5. The Kier molecular flexibility index (Phi) is 7.02. The number of rotatable bonds is 8. The van der Waals surface area contributed by atoms with Crippen LogP contribution in [0.5, 0.6) is 0 Å². The van der Waals surface area contributed by atoms with E-state index in [0.717, 1.165) is 11.1 Å². The van der Waals surface area contributed by atoms with Crippen molar-refractivity contribution in [2.45, 2.75) is 24.0 Å². The van der Waals surface area contributed by atoms with Gasteiger partial charge in [-0.2, -0.15) is 0 Å². The van der Waals surface area contributed by atoms with Crippen molar-refractivity contribution in [3.63, 3.8) is 0 Å². The standard InChI is InChI=1S/C23H27N3O5S/c1-15(28)20(14-27)24-23(29)16-10-12-17(13-11-16)25-32(30,31)22-9-5-6-18-19(22)7-4-8-21(18)26(2)3/h4-13,15,20,25,27-28H,14H2,1-3H3,(H,24,29)/t15-,20-/m0/s1. The summed E-state index contributed by atoms with van der Waals surface area (Å²) in [6.07, 6.45) is -0.913. The van der Waals surface area contributed by atoms with Crippen molar-refractivity contribution < 1.29 is 23.4 Å². The van der Waals surface area contributed by atoms with Crippen LogP contribution in [0.2, 0.25) is 0 Å². The molecule has 32 heavy (non-hydrogen) atoms. The number of benzene rings is 3. The van der Waals surface area contributed by atoms with Crippen LogP contribution in [-0.2, 0) is 10.0 Å². The van der Waals surface area contributed by atoms with Crippen molar-refractivity contribution >= 4 is 38.1 Å². The Bertz CT molecular complexity index is 1210. The average Bonchev–Trinajstić information content (AvgIpc) is 2.76. The van der Waals surface area contributed by atoms with Gasteiger partial charge in [0.1, 0.15) is 0 Å². The fraction of sp³-hybridized carbons (Fsp3) is 0.261. The van der Waals surface area contributed by atoms with Crippen LogP contribution >= 0.6 is 0 Å². The number of carbonyl (C=O) groups is 1. The Morgan fingerprint density at radius 2 is 1.62 bits per heavy atom. The Labute approximate surface area is 187 Å². The smallest absolute Gasteiger partial charge is 0.262 e. The molecule has 170 valence electrons. The molecule has 0 aliphatic heterocycles. The summed E-state index contributed by atoms with van der Waals surface area (Å²) in [7, 11) is -0.0875. The van der Waals surface area contributed by atoms with Gasteiger partial charge in [0.05, 0.1) is 23.6 Å². The second kappa shape index (κ2) is 9.56. The molecular weight excluding hydrogens is 430 g/mol. The van der Waals surface area contributed by atoms with Crippen molar-refractivity contribution in [2.75, 3.05) is 30.3 Å². The molecule has 0 aliphatic carbocycles.